The Bertz CT molecular complexity index is 849. The van der Waals surface area contributed by atoms with Crippen LogP contribution in [0.1, 0.15) is 24.1 Å². The molecule has 1 fully saturated rings. The molecule has 0 radical (unpaired) electrons. The Kier molecular flexibility index (Phi) is 7.93. The molecule has 0 bridgehead atoms. The minimum atomic E-state index is 0.0578. The fourth-order valence-corrected chi connectivity index (χ4v) is 3.55. The van der Waals surface area contributed by atoms with Crippen LogP contribution in [0, 0.1) is 0 Å². The predicted octanol–water partition coefficient (Wildman–Crippen LogP) is 3.30. The van der Waals surface area contributed by atoms with Crippen molar-refractivity contribution in [3.05, 3.63) is 47.5 Å². The number of rotatable bonds is 9. The molecular weight excluding hydrogens is 384 g/mol. The first-order chi connectivity index (χ1) is 14.7. The van der Waals surface area contributed by atoms with Gasteiger partial charge in [0.05, 0.1) is 46.6 Å². The molecule has 3 rings (SSSR count). The number of aliphatic imine (C=N–C) groups is 1. The van der Waals surface area contributed by atoms with E-state index in [0.717, 1.165) is 24.4 Å². The number of ether oxygens (including phenoxy) is 4. The van der Waals surface area contributed by atoms with Gasteiger partial charge in [-0.15, -0.1) is 0 Å². The molecule has 30 heavy (non-hydrogen) atoms. The van der Waals surface area contributed by atoms with Crippen LogP contribution in [0.25, 0.3) is 0 Å². The summed E-state index contributed by atoms with van der Waals surface area (Å²) in [6, 6.07) is 11.4. The van der Waals surface area contributed by atoms with Crippen molar-refractivity contribution >= 4 is 6.21 Å². The van der Waals surface area contributed by atoms with Gasteiger partial charge in [0.1, 0.15) is 0 Å². The second-order valence-electron chi connectivity index (χ2n) is 6.90. The lowest BCUT2D eigenvalue weighted by Crippen LogP contribution is -2.40. The predicted molar refractivity (Wildman–Crippen MR) is 116 cm³/mol. The minimum absolute atomic E-state index is 0.0578. The summed E-state index contributed by atoms with van der Waals surface area (Å²) in [7, 11) is 3.18. The maximum atomic E-state index is 10.3. The molecule has 0 aromatic heterocycles. The third-order valence-electron chi connectivity index (χ3n) is 5.12. The quantitative estimate of drug-likeness (QED) is 0.635. The molecule has 162 valence electrons. The number of hydrogen-bond donors (Lipinski definition) is 1. The lowest BCUT2D eigenvalue weighted by Gasteiger charge is -2.34. The second-order valence-corrected chi connectivity index (χ2v) is 6.90. The molecule has 7 heteroatoms. The number of nitrogens with zero attached hydrogens (tertiary/aromatic N) is 2. The monoisotopic (exact) mass is 414 g/mol. The lowest BCUT2D eigenvalue weighted by atomic mass is 10.0. The lowest BCUT2D eigenvalue weighted by molar-refractivity contribution is 0.0180. The van der Waals surface area contributed by atoms with E-state index >= 15 is 0 Å². The molecule has 0 saturated carbocycles. The second kappa shape index (κ2) is 10.8. The summed E-state index contributed by atoms with van der Waals surface area (Å²) in [4.78, 5) is 7.01. The SMILES string of the molecule is CCOc1ccc([C@@H](CN=Cc2cccc(OC)c2O)N2CCOCC2)cc1OC. The maximum absolute atomic E-state index is 10.3. The zero-order valence-corrected chi connectivity index (χ0v) is 17.8. The highest BCUT2D eigenvalue weighted by Gasteiger charge is 2.23. The van der Waals surface area contributed by atoms with Crippen LogP contribution < -0.4 is 14.2 Å². The zero-order valence-electron chi connectivity index (χ0n) is 17.8. The highest BCUT2D eigenvalue weighted by molar-refractivity contribution is 5.84. The van der Waals surface area contributed by atoms with Gasteiger partial charge in [-0.25, -0.2) is 0 Å². The molecule has 0 amide bonds. The summed E-state index contributed by atoms with van der Waals surface area (Å²) < 4.78 is 21.9. The highest BCUT2D eigenvalue weighted by Crippen LogP contribution is 2.33. The topological polar surface area (TPSA) is 72.8 Å². The first-order valence-corrected chi connectivity index (χ1v) is 10.2. The molecule has 1 aliphatic heterocycles. The summed E-state index contributed by atoms with van der Waals surface area (Å²) in [5.41, 5.74) is 1.73. The van der Waals surface area contributed by atoms with E-state index in [9.17, 15) is 5.11 Å². The van der Waals surface area contributed by atoms with Crippen LogP contribution >= 0.6 is 0 Å². The summed E-state index contributed by atoms with van der Waals surface area (Å²) in [6.45, 7) is 6.13. The van der Waals surface area contributed by atoms with Gasteiger partial charge in [-0.1, -0.05) is 12.1 Å². The molecular formula is C23H30N2O5. The zero-order chi connectivity index (χ0) is 21.3. The Hall–Kier alpha value is -2.77. The molecule has 2 aromatic rings. The van der Waals surface area contributed by atoms with Crippen molar-refractivity contribution in [3.8, 4) is 23.0 Å². The van der Waals surface area contributed by atoms with Crippen LogP contribution in [0.3, 0.4) is 0 Å². The van der Waals surface area contributed by atoms with Gasteiger partial charge in [0, 0.05) is 24.9 Å². The number of morpholine rings is 1. The normalized spacial score (nSPS) is 15.8. The van der Waals surface area contributed by atoms with Crippen LogP contribution in [0.15, 0.2) is 41.4 Å². The molecule has 0 unspecified atom stereocenters. The first-order valence-electron chi connectivity index (χ1n) is 10.2. The Morgan fingerprint density at radius 3 is 2.57 bits per heavy atom. The van der Waals surface area contributed by atoms with E-state index in [2.05, 4.69) is 16.0 Å². The number of phenolic OH excluding ortho intramolecular Hbond substituents is 1. The van der Waals surface area contributed by atoms with Crippen LogP contribution in [0.4, 0.5) is 0 Å². The number of phenols is 1. The Balaban J connectivity index is 1.85. The summed E-state index contributed by atoms with van der Waals surface area (Å²) in [5.74, 6) is 1.96. The average Bonchev–Trinajstić information content (AvgIpc) is 2.79. The van der Waals surface area contributed by atoms with Crippen LogP contribution in [0.5, 0.6) is 23.0 Å². The van der Waals surface area contributed by atoms with Gasteiger partial charge >= 0.3 is 0 Å². The molecule has 1 aliphatic rings. The Morgan fingerprint density at radius 1 is 1.10 bits per heavy atom. The number of aromatic hydroxyl groups is 1. The van der Waals surface area contributed by atoms with E-state index in [1.165, 1.54) is 7.11 Å². The standard InChI is InChI=1S/C23H30N2O5/c1-4-30-20-9-8-17(14-22(20)28-3)19(25-10-12-29-13-11-25)16-24-15-18-6-5-7-21(27-2)23(18)26/h5-9,14-15,19,26H,4,10-13,16H2,1-3H3/t19-/m1/s1. The van der Waals surface area contributed by atoms with Gasteiger partial charge in [-0.05, 0) is 36.8 Å². The van der Waals surface area contributed by atoms with E-state index in [-0.39, 0.29) is 11.8 Å². The van der Waals surface area contributed by atoms with Crippen molar-refractivity contribution in [2.45, 2.75) is 13.0 Å². The largest absolute Gasteiger partial charge is 0.504 e. The molecule has 2 aromatic carbocycles. The smallest absolute Gasteiger partial charge is 0.166 e. The van der Waals surface area contributed by atoms with Gasteiger partial charge < -0.3 is 24.1 Å². The van der Waals surface area contributed by atoms with Gasteiger partial charge in [-0.2, -0.15) is 0 Å². The van der Waals surface area contributed by atoms with Crippen LogP contribution in [-0.4, -0.2) is 69.9 Å². The summed E-state index contributed by atoms with van der Waals surface area (Å²) in [6.07, 6.45) is 1.69. The van der Waals surface area contributed by atoms with E-state index in [1.807, 2.05) is 31.2 Å². The van der Waals surface area contributed by atoms with E-state index in [4.69, 9.17) is 18.9 Å². The van der Waals surface area contributed by atoms with Crippen molar-refractivity contribution in [1.29, 1.82) is 0 Å². The van der Waals surface area contributed by atoms with Crippen LogP contribution in [0.2, 0.25) is 0 Å². The third-order valence-corrected chi connectivity index (χ3v) is 5.12. The molecule has 1 atom stereocenters. The van der Waals surface area contributed by atoms with Crippen molar-refractivity contribution in [3.63, 3.8) is 0 Å². The number of para-hydroxylation sites is 1. The molecule has 1 saturated heterocycles. The average molecular weight is 415 g/mol. The Morgan fingerprint density at radius 2 is 1.87 bits per heavy atom. The van der Waals surface area contributed by atoms with E-state index in [1.54, 1.807) is 19.4 Å². The first kappa shape index (κ1) is 21.9. The van der Waals surface area contributed by atoms with Gasteiger partial charge in [0.2, 0.25) is 0 Å². The molecule has 0 spiro atoms. The highest BCUT2D eigenvalue weighted by atomic mass is 16.5. The van der Waals surface area contributed by atoms with Crippen molar-refractivity contribution in [2.75, 3.05) is 53.7 Å². The Labute approximate surface area is 177 Å². The summed E-state index contributed by atoms with van der Waals surface area (Å²) >= 11 is 0. The number of methoxy groups -OCH3 is 2. The molecule has 1 N–H and O–H groups in total. The van der Waals surface area contributed by atoms with Crippen molar-refractivity contribution in [2.24, 2.45) is 4.99 Å². The van der Waals surface area contributed by atoms with Crippen molar-refractivity contribution < 1.29 is 24.1 Å². The van der Waals surface area contributed by atoms with Crippen LogP contribution in [-0.2, 0) is 4.74 Å². The molecule has 0 aliphatic carbocycles. The fourth-order valence-electron chi connectivity index (χ4n) is 3.55. The number of hydrogen-bond acceptors (Lipinski definition) is 7. The van der Waals surface area contributed by atoms with E-state index < -0.39 is 0 Å². The minimum Gasteiger partial charge on any atom is -0.504 e. The summed E-state index contributed by atoms with van der Waals surface area (Å²) in [5, 5.41) is 10.3. The van der Waals surface area contributed by atoms with E-state index in [0.29, 0.717) is 43.4 Å². The number of benzene rings is 2. The fraction of sp³-hybridized carbons (Fsp3) is 0.435. The maximum Gasteiger partial charge on any atom is 0.166 e. The molecule has 1 heterocycles. The van der Waals surface area contributed by atoms with Crippen molar-refractivity contribution in [1.82, 2.24) is 4.90 Å². The molecule has 7 nitrogen and oxygen atoms in total. The van der Waals surface area contributed by atoms with Gasteiger partial charge in [0.15, 0.2) is 23.0 Å². The van der Waals surface area contributed by atoms with Gasteiger partial charge in [0.25, 0.3) is 0 Å². The third kappa shape index (κ3) is 5.23. The van der Waals surface area contributed by atoms with Gasteiger partial charge in [-0.3, -0.25) is 9.89 Å².